The van der Waals surface area contributed by atoms with Gasteiger partial charge < -0.3 is 14.2 Å². The molecule has 0 heterocycles. The second-order valence-electron chi connectivity index (χ2n) is 16.4. The highest BCUT2D eigenvalue weighted by Crippen LogP contribution is 2.14. The third kappa shape index (κ3) is 44.5. The second-order valence-corrected chi connectivity index (χ2v) is 16.4. The lowest BCUT2D eigenvalue weighted by Crippen LogP contribution is -2.30. The summed E-state index contributed by atoms with van der Waals surface area (Å²) < 4.78 is 16.7. The third-order valence-electron chi connectivity index (χ3n) is 10.6. The molecular weight excluding hydrogens is 721 g/mol. The van der Waals surface area contributed by atoms with Gasteiger partial charge in [-0.15, -0.1) is 0 Å². The van der Waals surface area contributed by atoms with Crippen LogP contribution < -0.4 is 0 Å². The molecule has 0 radical (unpaired) electrons. The number of ether oxygens (including phenoxy) is 3. The molecule has 0 aliphatic heterocycles. The molecule has 0 bridgehead atoms. The van der Waals surface area contributed by atoms with E-state index in [2.05, 4.69) is 69.4 Å². The molecule has 6 nitrogen and oxygen atoms in total. The van der Waals surface area contributed by atoms with Crippen LogP contribution in [0.25, 0.3) is 0 Å². The number of rotatable bonds is 44. The molecule has 0 N–H and O–H groups in total. The van der Waals surface area contributed by atoms with Crippen LogP contribution in [-0.4, -0.2) is 37.2 Å². The average molecular weight is 813 g/mol. The van der Waals surface area contributed by atoms with Crippen molar-refractivity contribution in [1.29, 1.82) is 0 Å². The van der Waals surface area contributed by atoms with Gasteiger partial charge in [-0.25, -0.2) is 0 Å². The van der Waals surface area contributed by atoms with Gasteiger partial charge in [0.05, 0.1) is 0 Å². The van der Waals surface area contributed by atoms with Crippen molar-refractivity contribution in [2.24, 2.45) is 0 Å². The van der Waals surface area contributed by atoms with Crippen molar-refractivity contribution >= 4 is 17.9 Å². The Hall–Kier alpha value is -2.63. The molecule has 1 unspecified atom stereocenters. The summed E-state index contributed by atoms with van der Waals surface area (Å²) in [6.45, 7) is 6.55. The fourth-order valence-corrected chi connectivity index (χ4v) is 6.80. The van der Waals surface area contributed by atoms with Crippen LogP contribution in [0.1, 0.15) is 245 Å². The molecule has 0 aliphatic carbocycles. The fourth-order valence-electron chi connectivity index (χ4n) is 6.80. The maximum atomic E-state index is 12.7. The van der Waals surface area contributed by atoms with Crippen molar-refractivity contribution in [3.63, 3.8) is 0 Å². The first kappa shape index (κ1) is 55.4. The lowest BCUT2D eigenvalue weighted by molar-refractivity contribution is -0.167. The monoisotopic (exact) mass is 813 g/mol. The summed E-state index contributed by atoms with van der Waals surface area (Å²) in [6, 6.07) is 0. The number of unbranched alkanes of at least 4 members (excludes halogenated alkanes) is 25. The molecule has 0 aromatic heterocycles. The Kier molecular flexibility index (Phi) is 44.9. The number of esters is 3. The Morgan fingerprint density at radius 2 is 0.638 bits per heavy atom. The molecule has 0 fully saturated rings. The number of hydrogen-bond donors (Lipinski definition) is 0. The first-order valence-corrected chi connectivity index (χ1v) is 24.6. The maximum Gasteiger partial charge on any atom is 0.306 e. The standard InChI is InChI=1S/C52H92O6/c1-4-7-10-13-16-19-22-24-25-26-27-28-31-33-36-39-42-45-51(54)57-48-49(47-56-50(53)44-41-38-35-32-29-21-18-15-12-9-6-3)58-52(55)46-43-40-37-34-30-23-20-17-14-11-8-5-2/h17,20,24-25,27-28,33,36,49H,4-16,18-19,21-23,26,29-32,34-35,37-48H2,1-3H3/b20-17-,25-24-,28-27-,36-33-. The van der Waals surface area contributed by atoms with Gasteiger partial charge in [0.25, 0.3) is 0 Å². The SMILES string of the molecule is CCCCC/C=C\CCCCCCCC(=O)OC(COC(=O)CCC/C=C\C/C=C\C/C=C\CCCCCCCC)COC(=O)CCCCCCCCCCCCC. The van der Waals surface area contributed by atoms with Crippen LogP contribution >= 0.6 is 0 Å². The quantitative estimate of drug-likeness (QED) is 0.0264. The predicted molar refractivity (Wildman–Crippen MR) is 247 cm³/mol. The number of carbonyl (C=O) groups is 3. The minimum Gasteiger partial charge on any atom is -0.462 e. The van der Waals surface area contributed by atoms with Crippen molar-refractivity contribution in [2.75, 3.05) is 13.2 Å². The maximum absolute atomic E-state index is 12.7. The summed E-state index contributed by atoms with van der Waals surface area (Å²) in [6.07, 6.45) is 55.3. The predicted octanol–water partition coefficient (Wildman–Crippen LogP) is 15.9. The van der Waals surface area contributed by atoms with E-state index in [0.29, 0.717) is 19.3 Å². The lowest BCUT2D eigenvalue weighted by atomic mass is 10.1. The molecule has 0 amide bonds. The first-order valence-electron chi connectivity index (χ1n) is 24.6. The summed E-state index contributed by atoms with van der Waals surface area (Å²) in [5.41, 5.74) is 0. The Morgan fingerprint density at radius 3 is 1.09 bits per heavy atom. The van der Waals surface area contributed by atoms with E-state index in [4.69, 9.17) is 14.2 Å². The molecule has 0 spiro atoms. The minimum absolute atomic E-state index is 0.0903. The normalized spacial score (nSPS) is 12.4. The van der Waals surface area contributed by atoms with Crippen molar-refractivity contribution in [1.82, 2.24) is 0 Å². The van der Waals surface area contributed by atoms with Crippen LogP contribution in [0.4, 0.5) is 0 Å². The largest absolute Gasteiger partial charge is 0.462 e. The molecule has 0 saturated heterocycles. The molecule has 0 saturated carbocycles. The highest BCUT2D eigenvalue weighted by molar-refractivity contribution is 5.71. The zero-order valence-corrected chi connectivity index (χ0v) is 38.3. The summed E-state index contributed by atoms with van der Waals surface area (Å²) in [5, 5.41) is 0. The van der Waals surface area contributed by atoms with Crippen LogP contribution in [0.5, 0.6) is 0 Å². The van der Waals surface area contributed by atoms with Gasteiger partial charge in [0.15, 0.2) is 6.10 Å². The van der Waals surface area contributed by atoms with E-state index < -0.39 is 6.10 Å². The summed E-state index contributed by atoms with van der Waals surface area (Å²) in [7, 11) is 0. The molecule has 336 valence electrons. The molecule has 0 aliphatic rings. The van der Waals surface area contributed by atoms with Crippen LogP contribution in [-0.2, 0) is 28.6 Å². The topological polar surface area (TPSA) is 78.9 Å². The van der Waals surface area contributed by atoms with Crippen LogP contribution in [0.15, 0.2) is 48.6 Å². The smallest absolute Gasteiger partial charge is 0.306 e. The Morgan fingerprint density at radius 1 is 0.345 bits per heavy atom. The van der Waals surface area contributed by atoms with Crippen LogP contribution in [0.2, 0.25) is 0 Å². The van der Waals surface area contributed by atoms with Crippen LogP contribution in [0.3, 0.4) is 0 Å². The third-order valence-corrected chi connectivity index (χ3v) is 10.6. The summed E-state index contributed by atoms with van der Waals surface area (Å²) in [4.78, 5) is 37.8. The van der Waals surface area contributed by atoms with Crippen molar-refractivity contribution in [3.8, 4) is 0 Å². The molecule has 0 rings (SSSR count). The molecule has 58 heavy (non-hydrogen) atoms. The second kappa shape index (κ2) is 47.1. The van der Waals surface area contributed by atoms with Gasteiger partial charge in [0.2, 0.25) is 0 Å². The van der Waals surface area contributed by atoms with E-state index in [9.17, 15) is 14.4 Å². The Bertz CT molecular complexity index is 1030. The lowest BCUT2D eigenvalue weighted by Gasteiger charge is -2.18. The minimum atomic E-state index is -0.793. The highest BCUT2D eigenvalue weighted by atomic mass is 16.6. The van der Waals surface area contributed by atoms with E-state index in [-0.39, 0.29) is 37.5 Å². The molecule has 6 heteroatoms. The van der Waals surface area contributed by atoms with Gasteiger partial charge >= 0.3 is 17.9 Å². The highest BCUT2D eigenvalue weighted by Gasteiger charge is 2.19. The van der Waals surface area contributed by atoms with Crippen LogP contribution in [0, 0.1) is 0 Å². The van der Waals surface area contributed by atoms with E-state index >= 15 is 0 Å². The van der Waals surface area contributed by atoms with E-state index in [0.717, 1.165) is 70.6 Å². The summed E-state index contributed by atoms with van der Waals surface area (Å²) in [5.74, 6) is -0.952. The van der Waals surface area contributed by atoms with Gasteiger partial charge in [-0.3, -0.25) is 14.4 Å². The number of carbonyl (C=O) groups excluding carboxylic acids is 3. The van der Waals surface area contributed by atoms with E-state index in [1.54, 1.807) is 0 Å². The molecular formula is C52H92O6. The van der Waals surface area contributed by atoms with E-state index in [1.165, 1.54) is 128 Å². The van der Waals surface area contributed by atoms with Gasteiger partial charge in [0, 0.05) is 19.3 Å². The molecule has 0 aromatic rings. The fraction of sp³-hybridized carbons (Fsp3) is 0.788. The van der Waals surface area contributed by atoms with Crippen molar-refractivity contribution in [3.05, 3.63) is 48.6 Å². The van der Waals surface area contributed by atoms with Gasteiger partial charge in [0.1, 0.15) is 13.2 Å². The van der Waals surface area contributed by atoms with E-state index in [1.807, 2.05) is 0 Å². The Balaban J connectivity index is 4.43. The van der Waals surface area contributed by atoms with Gasteiger partial charge in [-0.1, -0.05) is 198 Å². The first-order chi connectivity index (χ1) is 28.5. The average Bonchev–Trinajstić information content (AvgIpc) is 3.22. The van der Waals surface area contributed by atoms with Crippen molar-refractivity contribution in [2.45, 2.75) is 252 Å². The number of hydrogen-bond acceptors (Lipinski definition) is 6. The summed E-state index contributed by atoms with van der Waals surface area (Å²) >= 11 is 0. The van der Waals surface area contributed by atoms with Crippen molar-refractivity contribution < 1.29 is 28.6 Å². The molecule has 1 atom stereocenters. The number of allylic oxidation sites excluding steroid dienone is 8. The van der Waals surface area contributed by atoms with Gasteiger partial charge in [-0.2, -0.15) is 0 Å². The zero-order chi connectivity index (χ0) is 42.3. The van der Waals surface area contributed by atoms with Gasteiger partial charge in [-0.05, 0) is 77.0 Å². The molecule has 0 aromatic carbocycles. The zero-order valence-electron chi connectivity index (χ0n) is 38.3. The Labute approximate surface area is 358 Å².